The average Bonchev–Trinajstić information content (AvgIpc) is 2.73. The van der Waals surface area contributed by atoms with Crippen molar-refractivity contribution >= 4 is 5.97 Å². The molecule has 0 amide bonds. The van der Waals surface area contributed by atoms with Gasteiger partial charge in [-0.1, -0.05) is 49.0 Å². The second kappa shape index (κ2) is 8.93. The van der Waals surface area contributed by atoms with E-state index in [4.69, 9.17) is 9.47 Å². The average molecular weight is 386 g/mol. The highest BCUT2D eigenvalue weighted by Gasteiger charge is 2.04. The number of aromatic hydroxyl groups is 1. The van der Waals surface area contributed by atoms with Gasteiger partial charge in [0.15, 0.2) is 0 Å². The molecule has 0 unspecified atom stereocenters. The minimum Gasteiger partial charge on any atom is -0.508 e. The van der Waals surface area contributed by atoms with Gasteiger partial charge in [0.25, 0.3) is 0 Å². The SMILES string of the molecule is C=C(C)C(=O)O/C=C\Oc1ccc(-c2ccc(-c3ccc(O)c(C)c3)cc2)cc1. The summed E-state index contributed by atoms with van der Waals surface area (Å²) in [5.74, 6) is 0.440. The molecular weight excluding hydrogens is 364 g/mol. The van der Waals surface area contributed by atoms with Gasteiger partial charge in [-0.25, -0.2) is 4.79 Å². The molecule has 0 aliphatic carbocycles. The van der Waals surface area contributed by atoms with Crippen LogP contribution in [0.2, 0.25) is 0 Å². The van der Waals surface area contributed by atoms with Gasteiger partial charge in [-0.2, -0.15) is 0 Å². The number of hydrogen-bond donors (Lipinski definition) is 1. The Labute approximate surface area is 170 Å². The normalized spacial score (nSPS) is 10.7. The number of ether oxygens (including phenoxy) is 2. The van der Waals surface area contributed by atoms with E-state index >= 15 is 0 Å². The van der Waals surface area contributed by atoms with Crippen molar-refractivity contribution in [3.8, 4) is 33.8 Å². The smallest absolute Gasteiger partial charge is 0.338 e. The van der Waals surface area contributed by atoms with Gasteiger partial charge in [0.2, 0.25) is 0 Å². The van der Waals surface area contributed by atoms with Crippen molar-refractivity contribution in [2.75, 3.05) is 0 Å². The third-order valence-electron chi connectivity index (χ3n) is 4.39. The number of benzene rings is 3. The van der Waals surface area contributed by atoms with Gasteiger partial charge in [-0.15, -0.1) is 0 Å². The predicted octanol–water partition coefficient (Wildman–Crippen LogP) is 6.00. The minimum absolute atomic E-state index is 0.302. The molecule has 0 aromatic heterocycles. The Kier molecular flexibility index (Phi) is 6.15. The van der Waals surface area contributed by atoms with Gasteiger partial charge in [0, 0.05) is 5.57 Å². The third-order valence-corrected chi connectivity index (χ3v) is 4.39. The lowest BCUT2D eigenvalue weighted by Crippen LogP contribution is -1.99. The van der Waals surface area contributed by atoms with Crippen LogP contribution in [0.15, 0.2) is 91.4 Å². The predicted molar refractivity (Wildman–Crippen MR) is 114 cm³/mol. The van der Waals surface area contributed by atoms with Gasteiger partial charge in [-0.05, 0) is 65.9 Å². The van der Waals surface area contributed by atoms with Gasteiger partial charge in [-0.3, -0.25) is 0 Å². The van der Waals surface area contributed by atoms with Crippen molar-refractivity contribution in [1.82, 2.24) is 0 Å². The molecule has 1 N–H and O–H groups in total. The van der Waals surface area contributed by atoms with E-state index < -0.39 is 5.97 Å². The molecule has 0 bridgehead atoms. The zero-order valence-electron chi connectivity index (χ0n) is 16.4. The van der Waals surface area contributed by atoms with Crippen molar-refractivity contribution in [1.29, 1.82) is 0 Å². The number of aryl methyl sites for hydroxylation is 1. The second-order valence-electron chi connectivity index (χ2n) is 6.68. The van der Waals surface area contributed by atoms with E-state index in [1.165, 1.54) is 12.5 Å². The molecule has 4 heteroatoms. The van der Waals surface area contributed by atoms with Crippen molar-refractivity contribution in [3.63, 3.8) is 0 Å². The Morgan fingerprint density at radius 2 is 1.38 bits per heavy atom. The Morgan fingerprint density at radius 1 is 0.862 bits per heavy atom. The van der Waals surface area contributed by atoms with Crippen LogP contribution in [0.25, 0.3) is 22.3 Å². The number of phenolic OH excluding ortho intramolecular Hbond substituents is 1. The summed E-state index contributed by atoms with van der Waals surface area (Å²) in [6.07, 6.45) is 2.50. The fraction of sp³-hybridized carbons (Fsp3) is 0.0800. The molecule has 0 aliphatic rings. The molecule has 4 nitrogen and oxygen atoms in total. The van der Waals surface area contributed by atoms with Crippen LogP contribution in [0.3, 0.4) is 0 Å². The van der Waals surface area contributed by atoms with Crippen LogP contribution in [-0.2, 0) is 9.53 Å². The second-order valence-corrected chi connectivity index (χ2v) is 6.68. The zero-order valence-corrected chi connectivity index (χ0v) is 16.4. The first-order valence-corrected chi connectivity index (χ1v) is 9.13. The van der Waals surface area contributed by atoms with Gasteiger partial charge in [0.05, 0.1) is 0 Å². The summed E-state index contributed by atoms with van der Waals surface area (Å²) in [6.45, 7) is 6.96. The van der Waals surface area contributed by atoms with Crippen molar-refractivity contribution in [3.05, 3.63) is 97.0 Å². The Morgan fingerprint density at radius 3 is 1.93 bits per heavy atom. The largest absolute Gasteiger partial charge is 0.508 e. The van der Waals surface area contributed by atoms with Crippen molar-refractivity contribution < 1.29 is 19.4 Å². The molecule has 3 aromatic carbocycles. The number of hydrogen-bond acceptors (Lipinski definition) is 4. The maximum absolute atomic E-state index is 11.3. The first-order valence-electron chi connectivity index (χ1n) is 9.13. The maximum atomic E-state index is 11.3. The molecule has 0 saturated heterocycles. The number of carbonyl (C=O) groups is 1. The van der Waals surface area contributed by atoms with Crippen molar-refractivity contribution in [2.24, 2.45) is 0 Å². The Hall–Kier alpha value is -3.79. The fourth-order valence-corrected chi connectivity index (χ4v) is 2.71. The van der Waals surface area contributed by atoms with Crippen LogP contribution >= 0.6 is 0 Å². The molecule has 0 radical (unpaired) electrons. The number of esters is 1. The summed E-state index contributed by atoms with van der Waals surface area (Å²) < 4.78 is 10.2. The maximum Gasteiger partial charge on any atom is 0.338 e. The lowest BCUT2D eigenvalue weighted by Gasteiger charge is -2.07. The summed E-state index contributed by atoms with van der Waals surface area (Å²) in [4.78, 5) is 11.3. The monoisotopic (exact) mass is 386 g/mol. The van der Waals surface area contributed by atoms with Crippen LogP contribution < -0.4 is 4.74 Å². The van der Waals surface area contributed by atoms with Crippen molar-refractivity contribution in [2.45, 2.75) is 13.8 Å². The highest BCUT2D eigenvalue weighted by Crippen LogP contribution is 2.28. The summed E-state index contributed by atoms with van der Waals surface area (Å²) in [6, 6.07) is 21.4. The van der Waals surface area contributed by atoms with E-state index in [1.54, 1.807) is 13.0 Å². The third kappa shape index (κ3) is 5.14. The lowest BCUT2D eigenvalue weighted by molar-refractivity contribution is -0.133. The number of rotatable bonds is 6. The number of carbonyl (C=O) groups excluding carboxylic acids is 1. The minimum atomic E-state index is -0.494. The van der Waals surface area contributed by atoms with E-state index in [9.17, 15) is 9.90 Å². The van der Waals surface area contributed by atoms with Gasteiger partial charge >= 0.3 is 5.97 Å². The first kappa shape index (κ1) is 20.0. The lowest BCUT2D eigenvalue weighted by atomic mass is 9.99. The number of phenols is 1. The van der Waals surface area contributed by atoms with Crippen LogP contribution in [0.4, 0.5) is 0 Å². The van der Waals surface area contributed by atoms with E-state index in [1.807, 2.05) is 43.3 Å². The molecule has 29 heavy (non-hydrogen) atoms. The molecule has 0 atom stereocenters. The highest BCUT2D eigenvalue weighted by molar-refractivity contribution is 5.87. The van der Waals surface area contributed by atoms with E-state index in [2.05, 4.69) is 30.8 Å². The molecule has 3 rings (SSSR count). The van der Waals surface area contributed by atoms with Gasteiger partial charge in [0.1, 0.15) is 24.0 Å². The molecule has 0 spiro atoms. The Balaban J connectivity index is 1.65. The first-order chi connectivity index (χ1) is 13.9. The van der Waals surface area contributed by atoms with Crippen LogP contribution in [-0.4, -0.2) is 11.1 Å². The van der Waals surface area contributed by atoms with Gasteiger partial charge < -0.3 is 14.6 Å². The molecule has 146 valence electrons. The summed E-state index contributed by atoms with van der Waals surface area (Å²) in [7, 11) is 0. The van der Waals surface area contributed by atoms with E-state index in [0.717, 1.165) is 27.8 Å². The molecule has 3 aromatic rings. The quantitative estimate of drug-likeness (QED) is 0.320. The zero-order chi connectivity index (χ0) is 20.8. The highest BCUT2D eigenvalue weighted by atomic mass is 16.5. The molecular formula is C25H22O4. The Bertz CT molecular complexity index is 1050. The topological polar surface area (TPSA) is 55.8 Å². The molecule has 0 saturated carbocycles. The van der Waals surface area contributed by atoms with E-state index in [0.29, 0.717) is 17.1 Å². The molecule has 0 fully saturated rings. The van der Waals surface area contributed by atoms with Crippen LogP contribution in [0, 0.1) is 6.92 Å². The standard InChI is InChI=1S/C25H22O4/c1-17(2)25(27)29-15-14-28-23-11-8-20(9-12-23)19-4-6-21(7-5-19)22-10-13-24(26)18(3)16-22/h4-16,26H,1H2,2-3H3/b15-14-. The molecule has 0 aliphatic heterocycles. The molecule has 0 heterocycles. The summed E-state index contributed by atoms with van der Waals surface area (Å²) in [5, 5.41) is 9.68. The fourth-order valence-electron chi connectivity index (χ4n) is 2.71. The summed E-state index contributed by atoms with van der Waals surface area (Å²) >= 11 is 0. The summed E-state index contributed by atoms with van der Waals surface area (Å²) in [5.41, 5.74) is 5.47. The van der Waals surface area contributed by atoms with E-state index in [-0.39, 0.29) is 0 Å². The van der Waals surface area contributed by atoms with Crippen LogP contribution in [0.5, 0.6) is 11.5 Å². The van der Waals surface area contributed by atoms with Crippen LogP contribution in [0.1, 0.15) is 12.5 Å².